The second kappa shape index (κ2) is 8.18. The third-order valence-corrected chi connectivity index (χ3v) is 6.42. The van der Waals surface area contributed by atoms with Crippen LogP contribution in [0.5, 0.6) is 5.75 Å². The van der Waals surface area contributed by atoms with Gasteiger partial charge in [-0.1, -0.05) is 24.3 Å². The maximum absolute atomic E-state index is 12.8. The average molecular weight is 454 g/mol. The number of methoxy groups -OCH3 is 1. The fraction of sp³-hybridized carbons (Fsp3) is 0.200. The predicted octanol–water partition coefficient (Wildman–Crippen LogP) is 3.90. The third-order valence-electron chi connectivity index (χ3n) is 6.42. The molecule has 170 valence electrons. The summed E-state index contributed by atoms with van der Waals surface area (Å²) in [7, 11) is 1.63. The number of hydrogen-bond donors (Lipinski definition) is 3. The first-order chi connectivity index (χ1) is 16.7. The molecule has 0 spiro atoms. The van der Waals surface area contributed by atoms with Crippen molar-refractivity contribution in [3.05, 3.63) is 72.3 Å². The highest BCUT2D eigenvalue weighted by Gasteiger charge is 2.31. The van der Waals surface area contributed by atoms with Gasteiger partial charge >= 0.3 is 0 Å². The molecule has 1 aliphatic heterocycles. The number of H-pyrrole nitrogens is 2. The van der Waals surface area contributed by atoms with E-state index < -0.39 is 0 Å². The summed E-state index contributed by atoms with van der Waals surface area (Å²) in [6.45, 7) is 1.33. The van der Waals surface area contributed by atoms with Gasteiger partial charge in [0.1, 0.15) is 23.6 Å². The second-order valence-electron chi connectivity index (χ2n) is 8.35. The summed E-state index contributed by atoms with van der Waals surface area (Å²) in [5.41, 5.74) is 4.50. The van der Waals surface area contributed by atoms with E-state index in [1.807, 2.05) is 30.3 Å². The molecular weight excluding hydrogens is 430 g/mol. The Labute approximate surface area is 195 Å². The summed E-state index contributed by atoms with van der Waals surface area (Å²) in [6, 6.07) is 15.9. The molecule has 3 N–H and O–H groups in total. The standard InChI is InChI=1S/C25H23N7O2/c1-34-22-8-4-6-19-17(22)11-20(30-19)25(33)26-10-9-15-13-32(21-7-3-2-5-16(15)21)24-18-12-29-31-23(18)27-14-28-24/h2-8,11-12,14-15,30H,9-10,13H2,1H3,(H,26,33)(H,27,28,29,31). The van der Waals surface area contributed by atoms with Crippen LogP contribution in [0.3, 0.4) is 0 Å². The minimum atomic E-state index is -0.128. The second-order valence-corrected chi connectivity index (χ2v) is 8.35. The lowest BCUT2D eigenvalue weighted by Gasteiger charge is -2.19. The largest absolute Gasteiger partial charge is 0.496 e. The van der Waals surface area contributed by atoms with Crippen molar-refractivity contribution in [2.45, 2.75) is 12.3 Å². The predicted molar refractivity (Wildman–Crippen MR) is 130 cm³/mol. The number of para-hydroxylation sites is 1. The third kappa shape index (κ3) is 3.33. The molecule has 34 heavy (non-hydrogen) atoms. The van der Waals surface area contributed by atoms with E-state index >= 15 is 0 Å². The van der Waals surface area contributed by atoms with Crippen molar-refractivity contribution >= 4 is 39.3 Å². The summed E-state index contributed by atoms with van der Waals surface area (Å²) >= 11 is 0. The summed E-state index contributed by atoms with van der Waals surface area (Å²) in [5, 5.41) is 11.9. The van der Waals surface area contributed by atoms with Crippen LogP contribution in [-0.4, -0.2) is 51.3 Å². The van der Waals surface area contributed by atoms with Crippen molar-refractivity contribution in [1.82, 2.24) is 30.5 Å². The number of fused-ring (bicyclic) bond motifs is 3. The van der Waals surface area contributed by atoms with Gasteiger partial charge < -0.3 is 19.9 Å². The normalized spacial score (nSPS) is 15.1. The van der Waals surface area contributed by atoms with Crippen LogP contribution in [0.1, 0.15) is 28.4 Å². The molecule has 0 bridgehead atoms. The lowest BCUT2D eigenvalue weighted by molar-refractivity contribution is 0.0948. The topological polar surface area (TPSA) is 112 Å². The van der Waals surface area contributed by atoms with Crippen molar-refractivity contribution in [1.29, 1.82) is 0 Å². The van der Waals surface area contributed by atoms with E-state index in [1.165, 1.54) is 5.56 Å². The van der Waals surface area contributed by atoms with Crippen LogP contribution in [-0.2, 0) is 0 Å². The van der Waals surface area contributed by atoms with Crippen molar-refractivity contribution < 1.29 is 9.53 Å². The number of hydrogen-bond acceptors (Lipinski definition) is 6. The maximum atomic E-state index is 12.8. The van der Waals surface area contributed by atoms with Crippen molar-refractivity contribution in [2.75, 3.05) is 25.1 Å². The van der Waals surface area contributed by atoms with Gasteiger partial charge in [0.25, 0.3) is 5.91 Å². The Morgan fingerprint density at radius 2 is 2.09 bits per heavy atom. The summed E-state index contributed by atoms with van der Waals surface area (Å²) in [6.07, 6.45) is 4.12. The van der Waals surface area contributed by atoms with Crippen LogP contribution in [0.2, 0.25) is 0 Å². The molecule has 9 heteroatoms. The molecule has 2 aromatic carbocycles. The summed E-state index contributed by atoms with van der Waals surface area (Å²) in [5.74, 6) is 1.71. The van der Waals surface area contributed by atoms with Crippen molar-refractivity contribution in [3.8, 4) is 5.75 Å². The number of carbonyl (C=O) groups is 1. The van der Waals surface area contributed by atoms with E-state index in [-0.39, 0.29) is 11.8 Å². The fourth-order valence-corrected chi connectivity index (χ4v) is 4.79. The number of amides is 1. The molecule has 6 rings (SSSR count). The number of anilines is 2. The van der Waals surface area contributed by atoms with Crippen LogP contribution in [0.25, 0.3) is 21.9 Å². The molecule has 0 saturated carbocycles. The first-order valence-electron chi connectivity index (χ1n) is 11.2. The SMILES string of the molecule is COc1cccc2[nH]c(C(=O)NCCC3CN(c4ncnc5[nH]ncc45)c4ccccc43)cc12. The van der Waals surface area contributed by atoms with Gasteiger partial charge in [-0.25, -0.2) is 9.97 Å². The number of ether oxygens (including phenoxy) is 1. The Bertz CT molecular complexity index is 1510. The summed E-state index contributed by atoms with van der Waals surface area (Å²) in [4.78, 5) is 27.0. The number of nitrogens with one attached hydrogen (secondary N) is 3. The van der Waals surface area contributed by atoms with Gasteiger partial charge in [-0.05, 0) is 36.2 Å². The van der Waals surface area contributed by atoms with E-state index in [4.69, 9.17) is 4.74 Å². The van der Waals surface area contributed by atoms with E-state index in [1.54, 1.807) is 19.6 Å². The number of nitrogens with zero attached hydrogens (tertiary/aromatic N) is 4. The number of benzene rings is 2. The summed E-state index contributed by atoms with van der Waals surface area (Å²) < 4.78 is 5.40. The molecule has 1 atom stereocenters. The number of aromatic nitrogens is 5. The zero-order chi connectivity index (χ0) is 23.1. The molecule has 5 aromatic rings. The van der Waals surface area contributed by atoms with Gasteiger partial charge in [0.2, 0.25) is 0 Å². The maximum Gasteiger partial charge on any atom is 0.267 e. The van der Waals surface area contributed by atoms with Gasteiger partial charge in [0, 0.05) is 35.6 Å². The van der Waals surface area contributed by atoms with Gasteiger partial charge in [0.05, 0.1) is 18.7 Å². The van der Waals surface area contributed by atoms with Gasteiger partial charge in [-0.3, -0.25) is 9.89 Å². The Balaban J connectivity index is 1.18. The van der Waals surface area contributed by atoms with Crippen LogP contribution in [0.15, 0.2) is 61.1 Å². The molecule has 0 fully saturated rings. The Morgan fingerprint density at radius 3 is 3.00 bits per heavy atom. The molecular formula is C25H23N7O2. The zero-order valence-electron chi connectivity index (χ0n) is 18.6. The highest BCUT2D eigenvalue weighted by atomic mass is 16.5. The highest BCUT2D eigenvalue weighted by Crippen LogP contribution is 2.42. The molecule has 0 radical (unpaired) electrons. The molecule has 0 aliphatic carbocycles. The van der Waals surface area contributed by atoms with E-state index in [2.05, 4.69) is 53.6 Å². The molecule has 0 saturated heterocycles. The minimum Gasteiger partial charge on any atom is -0.496 e. The monoisotopic (exact) mass is 453 g/mol. The van der Waals surface area contributed by atoms with E-state index in [0.29, 0.717) is 17.9 Å². The fourth-order valence-electron chi connectivity index (χ4n) is 4.79. The lowest BCUT2D eigenvalue weighted by Crippen LogP contribution is -2.26. The first kappa shape index (κ1) is 20.2. The Kier molecular flexibility index (Phi) is 4.87. The molecule has 1 unspecified atom stereocenters. The Morgan fingerprint density at radius 1 is 1.18 bits per heavy atom. The van der Waals surface area contributed by atoms with Crippen molar-refractivity contribution in [2.24, 2.45) is 0 Å². The number of aromatic amines is 2. The van der Waals surface area contributed by atoms with Gasteiger partial charge in [-0.15, -0.1) is 0 Å². The first-order valence-corrected chi connectivity index (χ1v) is 11.2. The molecule has 9 nitrogen and oxygen atoms in total. The zero-order valence-corrected chi connectivity index (χ0v) is 18.6. The molecule has 1 amide bonds. The molecule has 3 aromatic heterocycles. The average Bonchev–Trinajstić information content (AvgIpc) is 3.60. The van der Waals surface area contributed by atoms with E-state index in [9.17, 15) is 4.79 Å². The Hall–Kier alpha value is -4.40. The number of carbonyl (C=O) groups excluding carboxylic acids is 1. The van der Waals surface area contributed by atoms with Gasteiger partial charge in [-0.2, -0.15) is 5.10 Å². The van der Waals surface area contributed by atoms with Gasteiger partial charge in [0.15, 0.2) is 5.65 Å². The number of rotatable bonds is 6. The smallest absolute Gasteiger partial charge is 0.267 e. The van der Waals surface area contributed by atoms with Crippen molar-refractivity contribution in [3.63, 3.8) is 0 Å². The van der Waals surface area contributed by atoms with E-state index in [0.717, 1.165) is 46.5 Å². The van der Waals surface area contributed by atoms with Crippen LogP contribution < -0.4 is 15.0 Å². The minimum absolute atomic E-state index is 0.128. The van der Waals surface area contributed by atoms with Crippen LogP contribution >= 0.6 is 0 Å². The lowest BCUT2D eigenvalue weighted by atomic mass is 9.98. The molecule has 4 heterocycles. The molecule has 1 aliphatic rings. The van der Waals surface area contributed by atoms with Crippen LogP contribution in [0.4, 0.5) is 11.5 Å². The highest BCUT2D eigenvalue weighted by molar-refractivity contribution is 5.99. The quantitative estimate of drug-likeness (QED) is 0.360. The van der Waals surface area contributed by atoms with Crippen LogP contribution in [0, 0.1) is 0 Å².